The van der Waals surface area contributed by atoms with Crippen molar-refractivity contribution in [2.24, 2.45) is 5.73 Å². The Kier molecular flexibility index (Phi) is 4.61. The summed E-state index contributed by atoms with van der Waals surface area (Å²) in [5.41, 5.74) is 4.93. The van der Waals surface area contributed by atoms with Gasteiger partial charge in [0.05, 0.1) is 5.02 Å². The van der Waals surface area contributed by atoms with Crippen molar-refractivity contribution in [2.45, 2.75) is 0 Å². The molecule has 1 aromatic heterocycles. The van der Waals surface area contributed by atoms with E-state index in [1.165, 1.54) is 18.3 Å². The fourth-order valence-corrected chi connectivity index (χ4v) is 1.33. The fourth-order valence-electron chi connectivity index (χ4n) is 1.22. The van der Waals surface area contributed by atoms with Crippen LogP contribution in [0.1, 0.15) is 10.5 Å². The van der Waals surface area contributed by atoms with Gasteiger partial charge in [-0.05, 0) is 12.1 Å². The quantitative estimate of drug-likeness (QED) is 0.766. The molecule has 3 N–H and O–H groups in total. The second kappa shape index (κ2) is 5.97. The number of halogens is 1. The zero-order chi connectivity index (χ0) is 13.7. The van der Waals surface area contributed by atoms with Crippen molar-refractivity contribution < 1.29 is 19.5 Å². The number of rotatable bonds is 5. The van der Waals surface area contributed by atoms with Gasteiger partial charge in [0.25, 0.3) is 5.91 Å². The molecule has 0 saturated heterocycles. The molecule has 0 atom stereocenters. The first-order valence-corrected chi connectivity index (χ1v) is 5.19. The molecule has 0 bridgehead atoms. The molecule has 0 fully saturated rings. The smallest absolute Gasteiger partial charge is 0.323 e. The van der Waals surface area contributed by atoms with Crippen LogP contribution < -0.4 is 5.73 Å². The van der Waals surface area contributed by atoms with E-state index in [1.54, 1.807) is 0 Å². The van der Waals surface area contributed by atoms with Crippen molar-refractivity contribution in [2.75, 3.05) is 13.1 Å². The number of pyridine rings is 1. The second-order valence-electron chi connectivity index (χ2n) is 3.38. The summed E-state index contributed by atoms with van der Waals surface area (Å²) in [4.78, 5) is 37.8. The van der Waals surface area contributed by atoms with Crippen LogP contribution in [0.15, 0.2) is 18.3 Å². The third-order valence-electron chi connectivity index (χ3n) is 1.91. The molecule has 0 aromatic carbocycles. The third-order valence-corrected chi connectivity index (χ3v) is 2.13. The van der Waals surface area contributed by atoms with Crippen LogP contribution in [0, 0.1) is 0 Å². The lowest BCUT2D eigenvalue weighted by molar-refractivity contribution is -0.138. The monoisotopic (exact) mass is 271 g/mol. The molecule has 1 heterocycles. The molecule has 18 heavy (non-hydrogen) atoms. The molecule has 0 aliphatic heterocycles. The highest BCUT2D eigenvalue weighted by Gasteiger charge is 2.21. The number of aromatic nitrogens is 1. The van der Waals surface area contributed by atoms with E-state index < -0.39 is 30.9 Å². The summed E-state index contributed by atoms with van der Waals surface area (Å²) in [5, 5.41) is 8.99. The maximum Gasteiger partial charge on any atom is 0.323 e. The van der Waals surface area contributed by atoms with Crippen LogP contribution in [-0.2, 0) is 9.59 Å². The van der Waals surface area contributed by atoms with Gasteiger partial charge in [-0.1, -0.05) is 11.6 Å². The minimum absolute atomic E-state index is 0.0121. The van der Waals surface area contributed by atoms with Crippen molar-refractivity contribution in [3.8, 4) is 0 Å². The Morgan fingerprint density at radius 1 is 1.33 bits per heavy atom. The first kappa shape index (κ1) is 13.9. The van der Waals surface area contributed by atoms with Crippen molar-refractivity contribution in [3.63, 3.8) is 0 Å². The fraction of sp³-hybridized carbons (Fsp3) is 0.200. The van der Waals surface area contributed by atoms with E-state index in [9.17, 15) is 14.4 Å². The molecule has 0 aliphatic rings. The minimum atomic E-state index is -1.25. The Morgan fingerprint density at radius 2 is 2.00 bits per heavy atom. The van der Waals surface area contributed by atoms with Crippen LogP contribution in [0.2, 0.25) is 5.02 Å². The molecular weight excluding hydrogens is 262 g/mol. The normalized spacial score (nSPS) is 9.83. The molecule has 0 saturated carbocycles. The van der Waals surface area contributed by atoms with E-state index in [2.05, 4.69) is 4.98 Å². The predicted octanol–water partition coefficient (Wildman–Crippen LogP) is -0.253. The van der Waals surface area contributed by atoms with Crippen LogP contribution in [0.3, 0.4) is 0 Å². The van der Waals surface area contributed by atoms with Gasteiger partial charge in [-0.2, -0.15) is 0 Å². The molecule has 0 aliphatic carbocycles. The summed E-state index contributed by atoms with van der Waals surface area (Å²) in [6, 6.07) is 2.77. The average Bonchev–Trinajstić information content (AvgIpc) is 2.27. The Morgan fingerprint density at radius 3 is 2.44 bits per heavy atom. The highest BCUT2D eigenvalue weighted by atomic mass is 35.5. The van der Waals surface area contributed by atoms with E-state index in [1.807, 2.05) is 0 Å². The summed E-state index contributed by atoms with van der Waals surface area (Å²) in [6.45, 7) is -1.12. The van der Waals surface area contributed by atoms with E-state index in [-0.39, 0.29) is 5.69 Å². The standard InChI is InChI=1S/C10H10ClN3O4/c11-6-1-2-7(13-3-6)10(18)14(4-8(12)15)5-9(16)17/h1-3H,4-5H2,(H2,12,15)(H,16,17). The van der Waals surface area contributed by atoms with Gasteiger partial charge in [0.1, 0.15) is 18.8 Å². The van der Waals surface area contributed by atoms with Gasteiger partial charge in [-0.15, -0.1) is 0 Å². The van der Waals surface area contributed by atoms with Gasteiger partial charge >= 0.3 is 5.97 Å². The number of carboxylic acids is 1. The van der Waals surface area contributed by atoms with E-state index in [0.29, 0.717) is 5.02 Å². The first-order valence-electron chi connectivity index (χ1n) is 4.81. The van der Waals surface area contributed by atoms with Gasteiger partial charge in [-0.25, -0.2) is 4.98 Å². The zero-order valence-corrected chi connectivity index (χ0v) is 9.92. The molecule has 96 valence electrons. The summed E-state index contributed by atoms with van der Waals surface area (Å²) in [6.07, 6.45) is 1.25. The first-order chi connectivity index (χ1) is 8.40. The number of nitrogens with zero attached hydrogens (tertiary/aromatic N) is 2. The summed E-state index contributed by atoms with van der Waals surface area (Å²) >= 11 is 5.61. The number of nitrogens with two attached hydrogens (primary N) is 1. The second-order valence-corrected chi connectivity index (χ2v) is 3.82. The Balaban J connectivity index is 2.90. The number of carboxylic acid groups (broad SMARTS) is 1. The molecule has 0 spiro atoms. The van der Waals surface area contributed by atoms with Gasteiger partial charge in [0, 0.05) is 6.20 Å². The van der Waals surface area contributed by atoms with E-state index in [0.717, 1.165) is 4.90 Å². The van der Waals surface area contributed by atoms with Crippen molar-refractivity contribution in [1.82, 2.24) is 9.88 Å². The largest absolute Gasteiger partial charge is 0.480 e. The number of carbonyl (C=O) groups excluding carboxylic acids is 2. The third kappa shape index (κ3) is 4.02. The Hall–Kier alpha value is -2.15. The zero-order valence-electron chi connectivity index (χ0n) is 9.17. The molecule has 1 aromatic rings. The SMILES string of the molecule is NC(=O)CN(CC(=O)O)C(=O)c1ccc(Cl)cn1. The lowest BCUT2D eigenvalue weighted by atomic mass is 10.3. The molecule has 0 radical (unpaired) electrons. The highest BCUT2D eigenvalue weighted by Crippen LogP contribution is 2.08. The maximum atomic E-state index is 11.9. The van der Waals surface area contributed by atoms with Gasteiger partial charge in [-0.3, -0.25) is 14.4 Å². The van der Waals surface area contributed by atoms with Crippen LogP contribution in [0.5, 0.6) is 0 Å². The lowest BCUT2D eigenvalue weighted by Crippen LogP contribution is -2.41. The number of amides is 2. The molecule has 2 amide bonds. The minimum Gasteiger partial charge on any atom is -0.480 e. The number of aliphatic carboxylic acids is 1. The summed E-state index contributed by atoms with van der Waals surface area (Å²) < 4.78 is 0. The molecule has 7 nitrogen and oxygen atoms in total. The Labute approximate surface area is 107 Å². The maximum absolute atomic E-state index is 11.9. The summed E-state index contributed by atoms with van der Waals surface area (Å²) in [5.74, 6) is -2.76. The number of primary amides is 1. The molecule has 0 unspecified atom stereocenters. The molecule has 1 rings (SSSR count). The van der Waals surface area contributed by atoms with E-state index in [4.69, 9.17) is 22.4 Å². The van der Waals surface area contributed by atoms with Crippen LogP contribution in [-0.4, -0.2) is 45.9 Å². The predicted molar refractivity (Wildman–Crippen MR) is 62.0 cm³/mol. The molecule has 8 heteroatoms. The van der Waals surface area contributed by atoms with Gasteiger partial charge in [0.2, 0.25) is 5.91 Å². The van der Waals surface area contributed by atoms with Crippen molar-refractivity contribution in [3.05, 3.63) is 29.0 Å². The molecular formula is C10H10ClN3O4. The van der Waals surface area contributed by atoms with Crippen LogP contribution >= 0.6 is 11.6 Å². The number of carbonyl (C=O) groups is 3. The summed E-state index contributed by atoms with van der Waals surface area (Å²) in [7, 11) is 0. The van der Waals surface area contributed by atoms with Crippen molar-refractivity contribution >= 4 is 29.4 Å². The van der Waals surface area contributed by atoms with Crippen LogP contribution in [0.4, 0.5) is 0 Å². The van der Waals surface area contributed by atoms with E-state index >= 15 is 0 Å². The van der Waals surface area contributed by atoms with Crippen LogP contribution in [0.25, 0.3) is 0 Å². The van der Waals surface area contributed by atoms with Crippen molar-refractivity contribution in [1.29, 1.82) is 0 Å². The average molecular weight is 272 g/mol. The number of hydrogen-bond acceptors (Lipinski definition) is 4. The lowest BCUT2D eigenvalue weighted by Gasteiger charge is -2.18. The Bertz CT molecular complexity index is 459. The van der Waals surface area contributed by atoms with Gasteiger partial charge < -0.3 is 15.7 Å². The highest BCUT2D eigenvalue weighted by molar-refractivity contribution is 6.30. The van der Waals surface area contributed by atoms with Gasteiger partial charge in [0.15, 0.2) is 0 Å². The number of hydrogen-bond donors (Lipinski definition) is 2. The topological polar surface area (TPSA) is 114 Å².